The Kier molecular flexibility index (Phi) is 4.57. The topological polar surface area (TPSA) is 0 Å². The van der Waals surface area contributed by atoms with Gasteiger partial charge in [0.1, 0.15) is 0 Å². The maximum atomic E-state index is 2.33. The first kappa shape index (κ1) is 13.6. The molecule has 2 aromatic carbocycles. The van der Waals surface area contributed by atoms with Crippen molar-refractivity contribution in [1.82, 2.24) is 0 Å². The van der Waals surface area contributed by atoms with Crippen molar-refractivity contribution in [2.24, 2.45) is 0 Å². The molecule has 0 saturated heterocycles. The summed E-state index contributed by atoms with van der Waals surface area (Å²) in [5.74, 6) is 0. The van der Waals surface area contributed by atoms with Gasteiger partial charge in [-0.2, -0.15) is 0 Å². The average Bonchev–Trinajstić information content (AvgIpc) is 2.49. The van der Waals surface area contributed by atoms with Crippen molar-refractivity contribution < 1.29 is 0 Å². The molecule has 0 bridgehead atoms. The summed E-state index contributed by atoms with van der Waals surface area (Å²) in [6.45, 7) is 4.51. The van der Waals surface area contributed by atoms with Crippen molar-refractivity contribution in [2.45, 2.75) is 32.1 Å². The first-order chi connectivity index (χ1) is 9.27. The number of allylic oxidation sites excluding steroid dienone is 2. The van der Waals surface area contributed by atoms with Crippen molar-refractivity contribution in [3.8, 4) is 0 Å². The van der Waals surface area contributed by atoms with E-state index in [1.54, 1.807) is 0 Å². The lowest BCUT2D eigenvalue weighted by Crippen LogP contribution is -2.22. The van der Waals surface area contributed by atoms with E-state index in [2.05, 4.69) is 86.7 Å². The zero-order valence-electron chi connectivity index (χ0n) is 11.8. The van der Waals surface area contributed by atoms with Gasteiger partial charge in [-0.1, -0.05) is 86.7 Å². The van der Waals surface area contributed by atoms with E-state index in [0.29, 0.717) is 0 Å². The summed E-state index contributed by atoms with van der Waals surface area (Å²) in [4.78, 5) is 0. The molecule has 0 aliphatic heterocycles. The van der Waals surface area contributed by atoms with Gasteiger partial charge in [0, 0.05) is 5.41 Å². The Morgan fingerprint density at radius 1 is 0.789 bits per heavy atom. The highest BCUT2D eigenvalue weighted by Crippen LogP contribution is 2.35. The summed E-state index contributed by atoms with van der Waals surface area (Å²) in [5, 5.41) is 0. The van der Waals surface area contributed by atoms with Gasteiger partial charge in [-0.05, 0) is 24.0 Å². The molecule has 0 nitrogen and oxygen atoms in total. The molecule has 0 N–H and O–H groups in total. The third kappa shape index (κ3) is 3.14. The predicted molar refractivity (Wildman–Crippen MR) is 83.4 cm³/mol. The van der Waals surface area contributed by atoms with Crippen LogP contribution in [0.15, 0.2) is 72.8 Å². The van der Waals surface area contributed by atoms with Gasteiger partial charge in [0.25, 0.3) is 0 Å². The van der Waals surface area contributed by atoms with Crippen LogP contribution in [0.1, 0.15) is 37.8 Å². The third-order valence-corrected chi connectivity index (χ3v) is 3.75. The quantitative estimate of drug-likeness (QED) is 0.628. The monoisotopic (exact) mass is 250 g/mol. The summed E-state index contributed by atoms with van der Waals surface area (Å²) >= 11 is 0. The van der Waals surface area contributed by atoms with Crippen molar-refractivity contribution in [3.05, 3.63) is 83.9 Å². The van der Waals surface area contributed by atoms with E-state index >= 15 is 0 Å². The predicted octanol–water partition coefficient (Wildman–Crippen LogP) is 5.35. The molecule has 0 spiro atoms. The van der Waals surface area contributed by atoms with Crippen LogP contribution in [-0.2, 0) is 5.41 Å². The van der Waals surface area contributed by atoms with Crippen molar-refractivity contribution in [2.75, 3.05) is 0 Å². The first-order valence-corrected chi connectivity index (χ1v) is 7.03. The lowest BCUT2D eigenvalue weighted by molar-refractivity contribution is 0.579. The van der Waals surface area contributed by atoms with Crippen LogP contribution in [0, 0.1) is 0 Å². The Morgan fingerprint density at radius 2 is 1.26 bits per heavy atom. The second kappa shape index (κ2) is 6.38. The highest BCUT2D eigenvalue weighted by molar-refractivity contribution is 5.39. The lowest BCUT2D eigenvalue weighted by atomic mass is 9.74. The third-order valence-electron chi connectivity index (χ3n) is 3.75. The SMILES string of the molecule is CC/C=C/CC(C)(c1ccccc1)c1ccccc1. The molecule has 0 saturated carbocycles. The van der Waals surface area contributed by atoms with E-state index in [1.807, 2.05) is 0 Å². The standard InChI is InChI=1S/C19H22/c1-3-4-11-16-19(2,17-12-7-5-8-13-17)18-14-9-6-10-15-18/h4-15H,3,16H2,1-2H3/b11-4+. The van der Waals surface area contributed by atoms with Crippen LogP contribution >= 0.6 is 0 Å². The Labute approximate surface area is 116 Å². The van der Waals surface area contributed by atoms with Gasteiger partial charge in [0.15, 0.2) is 0 Å². The zero-order valence-corrected chi connectivity index (χ0v) is 11.8. The minimum absolute atomic E-state index is 0.0498. The normalized spacial score (nSPS) is 11.9. The van der Waals surface area contributed by atoms with Crippen LogP contribution in [-0.4, -0.2) is 0 Å². The summed E-state index contributed by atoms with van der Waals surface area (Å²) in [5.41, 5.74) is 2.80. The van der Waals surface area contributed by atoms with Gasteiger partial charge < -0.3 is 0 Å². The van der Waals surface area contributed by atoms with Crippen molar-refractivity contribution >= 4 is 0 Å². The molecule has 2 rings (SSSR count). The van der Waals surface area contributed by atoms with Crippen LogP contribution in [0.25, 0.3) is 0 Å². The van der Waals surface area contributed by atoms with E-state index in [4.69, 9.17) is 0 Å². The second-order valence-corrected chi connectivity index (χ2v) is 5.15. The van der Waals surface area contributed by atoms with Gasteiger partial charge in [0.2, 0.25) is 0 Å². The zero-order chi connectivity index (χ0) is 13.6. The highest BCUT2D eigenvalue weighted by atomic mass is 14.3. The van der Waals surface area contributed by atoms with E-state index in [0.717, 1.165) is 12.8 Å². The number of hydrogen-bond acceptors (Lipinski definition) is 0. The van der Waals surface area contributed by atoms with E-state index < -0.39 is 0 Å². The van der Waals surface area contributed by atoms with Gasteiger partial charge >= 0.3 is 0 Å². The molecule has 0 aromatic heterocycles. The summed E-state index contributed by atoms with van der Waals surface area (Å²) in [6.07, 6.45) is 6.69. The van der Waals surface area contributed by atoms with Crippen molar-refractivity contribution in [1.29, 1.82) is 0 Å². The molecule has 0 heteroatoms. The van der Waals surface area contributed by atoms with E-state index in [-0.39, 0.29) is 5.41 Å². The Hall–Kier alpha value is -1.82. The molecule has 0 aliphatic rings. The van der Waals surface area contributed by atoms with Crippen LogP contribution in [0.5, 0.6) is 0 Å². The fraction of sp³-hybridized carbons (Fsp3) is 0.263. The molecule has 2 aromatic rings. The minimum atomic E-state index is 0.0498. The van der Waals surface area contributed by atoms with Gasteiger partial charge in [-0.3, -0.25) is 0 Å². The Balaban J connectivity index is 2.41. The molecule has 0 atom stereocenters. The van der Waals surface area contributed by atoms with E-state index in [1.165, 1.54) is 11.1 Å². The summed E-state index contributed by atoms with van der Waals surface area (Å²) in [7, 11) is 0. The molecule has 0 aliphatic carbocycles. The molecular weight excluding hydrogens is 228 g/mol. The van der Waals surface area contributed by atoms with Crippen LogP contribution in [0.4, 0.5) is 0 Å². The van der Waals surface area contributed by atoms with Gasteiger partial charge in [0.05, 0.1) is 0 Å². The Morgan fingerprint density at radius 3 is 1.68 bits per heavy atom. The van der Waals surface area contributed by atoms with Crippen LogP contribution in [0.2, 0.25) is 0 Å². The fourth-order valence-corrected chi connectivity index (χ4v) is 2.50. The number of hydrogen-bond donors (Lipinski definition) is 0. The van der Waals surface area contributed by atoms with Crippen molar-refractivity contribution in [3.63, 3.8) is 0 Å². The molecule has 0 radical (unpaired) electrons. The number of rotatable bonds is 5. The second-order valence-electron chi connectivity index (χ2n) is 5.15. The molecule has 0 fully saturated rings. The summed E-state index contributed by atoms with van der Waals surface area (Å²) in [6, 6.07) is 21.6. The molecular formula is C19H22. The molecule has 19 heavy (non-hydrogen) atoms. The van der Waals surface area contributed by atoms with E-state index in [9.17, 15) is 0 Å². The molecule has 0 amide bonds. The lowest BCUT2D eigenvalue weighted by Gasteiger charge is -2.30. The maximum absolute atomic E-state index is 2.33. The first-order valence-electron chi connectivity index (χ1n) is 7.03. The molecule has 98 valence electrons. The van der Waals surface area contributed by atoms with Gasteiger partial charge in [-0.25, -0.2) is 0 Å². The van der Waals surface area contributed by atoms with Crippen LogP contribution in [0.3, 0.4) is 0 Å². The average molecular weight is 250 g/mol. The maximum Gasteiger partial charge on any atom is 0.0209 e. The molecule has 0 unspecified atom stereocenters. The summed E-state index contributed by atoms with van der Waals surface area (Å²) < 4.78 is 0. The smallest absolute Gasteiger partial charge is 0.0209 e. The van der Waals surface area contributed by atoms with Gasteiger partial charge in [-0.15, -0.1) is 0 Å². The fourth-order valence-electron chi connectivity index (χ4n) is 2.50. The Bertz CT molecular complexity index is 469. The highest BCUT2D eigenvalue weighted by Gasteiger charge is 2.26. The minimum Gasteiger partial charge on any atom is -0.0888 e. The van der Waals surface area contributed by atoms with Crippen LogP contribution < -0.4 is 0 Å². The number of benzene rings is 2. The largest absolute Gasteiger partial charge is 0.0888 e. The molecule has 0 heterocycles.